The predicted molar refractivity (Wildman–Crippen MR) is 74.2 cm³/mol. The molecule has 0 saturated heterocycles. The molecule has 1 N–H and O–H groups in total. The SMILES string of the molecule is CCNCC1CCC1N(CCC(C)C)C1CC1. The van der Waals surface area contributed by atoms with Crippen molar-refractivity contribution in [3.05, 3.63) is 0 Å². The van der Waals surface area contributed by atoms with Gasteiger partial charge in [-0.2, -0.15) is 0 Å². The van der Waals surface area contributed by atoms with Crippen LogP contribution < -0.4 is 5.32 Å². The second-order valence-electron chi connectivity index (χ2n) is 6.36. The molecule has 17 heavy (non-hydrogen) atoms. The summed E-state index contributed by atoms with van der Waals surface area (Å²) < 4.78 is 0. The fourth-order valence-electron chi connectivity index (χ4n) is 2.99. The maximum absolute atomic E-state index is 3.53. The van der Waals surface area contributed by atoms with E-state index in [0.717, 1.165) is 30.5 Å². The van der Waals surface area contributed by atoms with E-state index in [2.05, 4.69) is 31.0 Å². The van der Waals surface area contributed by atoms with E-state index in [1.807, 2.05) is 0 Å². The summed E-state index contributed by atoms with van der Waals surface area (Å²) in [5.41, 5.74) is 0. The Balaban J connectivity index is 1.79. The first-order chi connectivity index (χ1) is 8.22. The molecule has 2 unspecified atom stereocenters. The van der Waals surface area contributed by atoms with Gasteiger partial charge in [0.15, 0.2) is 0 Å². The number of hydrogen-bond acceptors (Lipinski definition) is 2. The molecular weight excluding hydrogens is 208 g/mol. The Labute approximate surface area is 107 Å². The molecule has 2 rings (SSSR count). The summed E-state index contributed by atoms with van der Waals surface area (Å²) in [6.07, 6.45) is 7.19. The van der Waals surface area contributed by atoms with Gasteiger partial charge in [-0.1, -0.05) is 20.8 Å². The van der Waals surface area contributed by atoms with Crippen molar-refractivity contribution < 1.29 is 0 Å². The number of rotatable bonds is 8. The van der Waals surface area contributed by atoms with Gasteiger partial charge in [-0.15, -0.1) is 0 Å². The first kappa shape index (κ1) is 13.4. The van der Waals surface area contributed by atoms with Gasteiger partial charge in [-0.25, -0.2) is 0 Å². The molecule has 2 aliphatic rings. The molecule has 0 radical (unpaired) electrons. The highest BCUT2D eigenvalue weighted by atomic mass is 15.2. The van der Waals surface area contributed by atoms with Crippen LogP contribution in [0.25, 0.3) is 0 Å². The molecule has 2 fully saturated rings. The minimum atomic E-state index is 0.851. The molecule has 2 atom stereocenters. The van der Waals surface area contributed by atoms with E-state index in [9.17, 15) is 0 Å². The molecule has 2 heteroatoms. The molecule has 0 heterocycles. The Hall–Kier alpha value is -0.0800. The second kappa shape index (κ2) is 6.19. The first-order valence-corrected chi connectivity index (χ1v) is 7.68. The van der Waals surface area contributed by atoms with Gasteiger partial charge in [-0.05, 0) is 63.6 Å². The zero-order valence-electron chi connectivity index (χ0n) is 11.9. The molecule has 0 aromatic heterocycles. The standard InChI is InChI=1S/C15H30N2/c1-4-16-11-13-5-8-15(13)17(14-6-7-14)10-9-12(2)3/h12-16H,4-11H2,1-3H3. The van der Waals surface area contributed by atoms with Crippen molar-refractivity contribution in [3.8, 4) is 0 Å². The lowest BCUT2D eigenvalue weighted by molar-refractivity contribution is 0.0515. The van der Waals surface area contributed by atoms with Crippen LogP contribution >= 0.6 is 0 Å². The molecule has 2 nitrogen and oxygen atoms in total. The van der Waals surface area contributed by atoms with Crippen LogP contribution in [0.5, 0.6) is 0 Å². The van der Waals surface area contributed by atoms with Gasteiger partial charge in [0.05, 0.1) is 0 Å². The van der Waals surface area contributed by atoms with Gasteiger partial charge in [-0.3, -0.25) is 4.90 Å². The summed E-state index contributed by atoms with van der Waals surface area (Å²) >= 11 is 0. The van der Waals surface area contributed by atoms with Gasteiger partial charge < -0.3 is 5.32 Å². The fourth-order valence-corrected chi connectivity index (χ4v) is 2.99. The highest BCUT2D eigenvalue weighted by Gasteiger charge is 2.41. The molecular formula is C15H30N2. The van der Waals surface area contributed by atoms with Gasteiger partial charge in [0.1, 0.15) is 0 Å². The lowest BCUT2D eigenvalue weighted by Gasteiger charge is -2.45. The van der Waals surface area contributed by atoms with E-state index in [1.54, 1.807) is 0 Å². The summed E-state index contributed by atoms with van der Waals surface area (Å²) in [7, 11) is 0. The van der Waals surface area contributed by atoms with Crippen molar-refractivity contribution in [1.29, 1.82) is 0 Å². The number of nitrogens with one attached hydrogen (secondary N) is 1. The number of hydrogen-bond donors (Lipinski definition) is 1. The summed E-state index contributed by atoms with van der Waals surface area (Å²) in [5, 5.41) is 3.53. The normalized spacial score (nSPS) is 28.8. The van der Waals surface area contributed by atoms with Crippen LogP contribution in [0.15, 0.2) is 0 Å². The Kier molecular flexibility index (Phi) is 4.87. The summed E-state index contributed by atoms with van der Waals surface area (Å²) in [6.45, 7) is 10.6. The van der Waals surface area contributed by atoms with Crippen LogP contribution in [-0.4, -0.2) is 36.6 Å². The Morgan fingerprint density at radius 3 is 2.41 bits per heavy atom. The third kappa shape index (κ3) is 3.69. The van der Waals surface area contributed by atoms with E-state index >= 15 is 0 Å². The van der Waals surface area contributed by atoms with E-state index in [1.165, 1.54) is 45.2 Å². The fraction of sp³-hybridized carbons (Fsp3) is 1.00. The second-order valence-corrected chi connectivity index (χ2v) is 6.36. The van der Waals surface area contributed by atoms with Gasteiger partial charge in [0.2, 0.25) is 0 Å². The maximum atomic E-state index is 3.53. The lowest BCUT2D eigenvalue weighted by Crippen LogP contribution is -2.51. The minimum absolute atomic E-state index is 0.851. The van der Waals surface area contributed by atoms with Crippen molar-refractivity contribution in [2.45, 2.75) is 65.0 Å². The first-order valence-electron chi connectivity index (χ1n) is 7.68. The monoisotopic (exact) mass is 238 g/mol. The average Bonchev–Trinajstić information content (AvgIpc) is 3.06. The van der Waals surface area contributed by atoms with Crippen molar-refractivity contribution in [2.75, 3.05) is 19.6 Å². The van der Waals surface area contributed by atoms with Crippen molar-refractivity contribution >= 4 is 0 Å². The quantitative estimate of drug-likeness (QED) is 0.699. The third-order valence-corrected chi connectivity index (χ3v) is 4.44. The summed E-state index contributed by atoms with van der Waals surface area (Å²) in [6, 6.07) is 1.85. The molecule has 0 aliphatic heterocycles. The highest BCUT2D eigenvalue weighted by Crippen LogP contribution is 2.39. The molecule has 0 aromatic carbocycles. The molecule has 0 amide bonds. The topological polar surface area (TPSA) is 15.3 Å². The van der Waals surface area contributed by atoms with Gasteiger partial charge in [0.25, 0.3) is 0 Å². The third-order valence-electron chi connectivity index (χ3n) is 4.44. The molecule has 0 bridgehead atoms. The maximum Gasteiger partial charge on any atom is 0.0139 e. The number of nitrogens with zero attached hydrogens (tertiary/aromatic N) is 1. The van der Waals surface area contributed by atoms with Gasteiger partial charge in [0, 0.05) is 12.1 Å². The molecule has 100 valence electrons. The predicted octanol–water partition coefficient (Wildman–Crippen LogP) is 2.89. The Bertz CT molecular complexity index is 223. The Morgan fingerprint density at radius 1 is 1.18 bits per heavy atom. The summed E-state index contributed by atoms with van der Waals surface area (Å²) in [5.74, 6) is 1.78. The van der Waals surface area contributed by atoms with Crippen molar-refractivity contribution in [3.63, 3.8) is 0 Å². The largest absolute Gasteiger partial charge is 0.317 e. The average molecular weight is 238 g/mol. The minimum Gasteiger partial charge on any atom is -0.317 e. The van der Waals surface area contributed by atoms with Crippen LogP contribution in [0.3, 0.4) is 0 Å². The van der Waals surface area contributed by atoms with Crippen LogP contribution in [0.4, 0.5) is 0 Å². The summed E-state index contributed by atoms with van der Waals surface area (Å²) in [4.78, 5) is 2.85. The van der Waals surface area contributed by atoms with Crippen LogP contribution in [0.1, 0.15) is 52.9 Å². The molecule has 2 saturated carbocycles. The molecule has 0 spiro atoms. The van der Waals surface area contributed by atoms with Crippen molar-refractivity contribution in [2.24, 2.45) is 11.8 Å². The Morgan fingerprint density at radius 2 is 1.94 bits per heavy atom. The van der Waals surface area contributed by atoms with E-state index in [4.69, 9.17) is 0 Å². The van der Waals surface area contributed by atoms with Crippen LogP contribution in [0, 0.1) is 11.8 Å². The van der Waals surface area contributed by atoms with Crippen molar-refractivity contribution in [1.82, 2.24) is 10.2 Å². The molecule has 2 aliphatic carbocycles. The van der Waals surface area contributed by atoms with Gasteiger partial charge >= 0.3 is 0 Å². The zero-order valence-corrected chi connectivity index (χ0v) is 11.9. The lowest BCUT2D eigenvalue weighted by atomic mass is 9.78. The molecule has 0 aromatic rings. The van der Waals surface area contributed by atoms with Crippen LogP contribution in [0.2, 0.25) is 0 Å². The van der Waals surface area contributed by atoms with E-state index < -0.39 is 0 Å². The smallest absolute Gasteiger partial charge is 0.0139 e. The van der Waals surface area contributed by atoms with Crippen LogP contribution in [-0.2, 0) is 0 Å². The highest BCUT2D eigenvalue weighted by molar-refractivity contribution is 4.96. The van der Waals surface area contributed by atoms with E-state index in [-0.39, 0.29) is 0 Å². The zero-order chi connectivity index (χ0) is 12.3. The van der Waals surface area contributed by atoms with E-state index in [0.29, 0.717) is 0 Å².